The standard InChI is InChI=1S/C31H23ClN4O4S2/c32-22-13-11-20(12-14-22)27-18-42-31(35-27)36-28(37)19-41-25-10-4-8-23(16-25)33-30(39)26(17-24-9-5-15-40-24)34-29(38)21-6-2-1-3-7-21/h1-18H,19H2,(H,33,39)(H,34,38)(H,35,36,37)/b26-17-. The second kappa shape index (κ2) is 13.8. The van der Waals surface area contributed by atoms with Gasteiger partial charge in [0.1, 0.15) is 11.5 Å². The van der Waals surface area contributed by atoms with Crippen molar-refractivity contribution in [1.82, 2.24) is 10.3 Å². The van der Waals surface area contributed by atoms with E-state index in [9.17, 15) is 14.4 Å². The number of thiazole rings is 1. The number of benzene rings is 3. The topological polar surface area (TPSA) is 113 Å². The quantitative estimate of drug-likeness (QED) is 0.113. The summed E-state index contributed by atoms with van der Waals surface area (Å²) in [6.07, 6.45) is 2.93. The lowest BCUT2D eigenvalue weighted by Gasteiger charge is -2.12. The number of thioether (sulfide) groups is 1. The molecule has 0 unspecified atom stereocenters. The first-order valence-electron chi connectivity index (χ1n) is 12.6. The van der Waals surface area contributed by atoms with E-state index in [0.717, 1.165) is 16.2 Å². The second-order valence-corrected chi connectivity index (χ2v) is 11.1. The Balaban J connectivity index is 1.19. The van der Waals surface area contributed by atoms with E-state index in [2.05, 4.69) is 20.9 Å². The molecule has 0 bridgehead atoms. The van der Waals surface area contributed by atoms with E-state index in [-0.39, 0.29) is 17.4 Å². The molecule has 8 nitrogen and oxygen atoms in total. The Hall–Kier alpha value is -4.64. The van der Waals surface area contributed by atoms with Crippen molar-refractivity contribution in [3.05, 3.63) is 125 Å². The van der Waals surface area contributed by atoms with Crippen molar-refractivity contribution in [2.45, 2.75) is 4.90 Å². The van der Waals surface area contributed by atoms with Crippen LogP contribution >= 0.6 is 34.7 Å². The maximum Gasteiger partial charge on any atom is 0.272 e. The van der Waals surface area contributed by atoms with E-state index in [1.807, 2.05) is 23.6 Å². The summed E-state index contributed by atoms with van der Waals surface area (Å²) in [6, 6.07) is 26.4. The van der Waals surface area contributed by atoms with Crippen molar-refractivity contribution in [3.63, 3.8) is 0 Å². The van der Waals surface area contributed by atoms with E-state index in [1.165, 1.54) is 35.4 Å². The molecule has 11 heteroatoms. The summed E-state index contributed by atoms with van der Waals surface area (Å²) < 4.78 is 5.34. The molecule has 3 N–H and O–H groups in total. The Morgan fingerprint density at radius 3 is 2.50 bits per heavy atom. The number of hydrogen-bond acceptors (Lipinski definition) is 7. The molecule has 3 amide bonds. The second-order valence-electron chi connectivity index (χ2n) is 8.76. The number of nitrogens with zero attached hydrogens (tertiary/aromatic N) is 1. The molecule has 2 heterocycles. The molecule has 2 aromatic heterocycles. The van der Waals surface area contributed by atoms with E-state index in [1.54, 1.807) is 72.8 Å². The molecule has 0 saturated carbocycles. The molecule has 0 fully saturated rings. The molecule has 0 spiro atoms. The highest BCUT2D eigenvalue weighted by atomic mass is 35.5. The molecular formula is C31H23ClN4O4S2. The van der Waals surface area contributed by atoms with Gasteiger partial charge in [-0.1, -0.05) is 48.0 Å². The number of anilines is 2. The Morgan fingerprint density at radius 1 is 0.929 bits per heavy atom. The zero-order valence-electron chi connectivity index (χ0n) is 21.9. The van der Waals surface area contributed by atoms with Gasteiger partial charge in [-0.2, -0.15) is 0 Å². The van der Waals surface area contributed by atoms with Crippen molar-refractivity contribution in [3.8, 4) is 11.3 Å². The third-order valence-electron chi connectivity index (χ3n) is 5.71. The van der Waals surface area contributed by atoms with Crippen LogP contribution in [0.4, 0.5) is 10.8 Å². The highest BCUT2D eigenvalue weighted by Crippen LogP contribution is 2.27. The fraction of sp³-hybridized carbons (Fsp3) is 0.0323. The van der Waals surface area contributed by atoms with Crippen LogP contribution in [0.5, 0.6) is 0 Å². The van der Waals surface area contributed by atoms with Crippen molar-refractivity contribution in [2.75, 3.05) is 16.4 Å². The lowest BCUT2D eigenvalue weighted by molar-refractivity contribution is -0.114. The lowest BCUT2D eigenvalue weighted by Crippen LogP contribution is -2.30. The maximum atomic E-state index is 13.2. The van der Waals surface area contributed by atoms with Gasteiger partial charge in [0.2, 0.25) is 5.91 Å². The first kappa shape index (κ1) is 28.9. The molecule has 0 atom stereocenters. The molecule has 0 aliphatic carbocycles. The van der Waals surface area contributed by atoms with Gasteiger partial charge in [-0.15, -0.1) is 23.1 Å². The molecule has 42 heavy (non-hydrogen) atoms. The van der Waals surface area contributed by atoms with Gasteiger partial charge in [0.05, 0.1) is 17.7 Å². The van der Waals surface area contributed by atoms with E-state index >= 15 is 0 Å². The summed E-state index contributed by atoms with van der Waals surface area (Å²) >= 11 is 8.61. The van der Waals surface area contributed by atoms with Crippen LogP contribution in [0.1, 0.15) is 16.1 Å². The molecule has 210 valence electrons. The third-order valence-corrected chi connectivity index (χ3v) is 7.71. The van der Waals surface area contributed by atoms with Crippen LogP contribution in [0.2, 0.25) is 5.02 Å². The smallest absolute Gasteiger partial charge is 0.272 e. The fourth-order valence-electron chi connectivity index (χ4n) is 3.71. The van der Waals surface area contributed by atoms with Crippen LogP contribution in [0.15, 0.2) is 118 Å². The number of hydrogen-bond donors (Lipinski definition) is 3. The van der Waals surface area contributed by atoms with E-state index < -0.39 is 11.8 Å². The third kappa shape index (κ3) is 7.97. The Morgan fingerprint density at radius 2 is 1.74 bits per heavy atom. The van der Waals surface area contributed by atoms with Crippen molar-refractivity contribution in [2.24, 2.45) is 0 Å². The van der Waals surface area contributed by atoms with Gasteiger partial charge in [0, 0.05) is 38.2 Å². The van der Waals surface area contributed by atoms with E-state index in [4.69, 9.17) is 16.0 Å². The number of furan rings is 1. The molecule has 0 aliphatic rings. The average Bonchev–Trinajstić information content (AvgIpc) is 3.69. The van der Waals surface area contributed by atoms with Crippen LogP contribution in [0.25, 0.3) is 17.3 Å². The van der Waals surface area contributed by atoms with Crippen LogP contribution in [-0.2, 0) is 9.59 Å². The number of amides is 3. The molecule has 0 radical (unpaired) electrons. The van der Waals surface area contributed by atoms with Gasteiger partial charge < -0.3 is 20.4 Å². The molecule has 5 aromatic rings. The molecule has 0 saturated heterocycles. The zero-order chi connectivity index (χ0) is 29.3. The number of carbonyl (C=O) groups is 3. The van der Waals surface area contributed by atoms with Gasteiger partial charge in [-0.05, 0) is 54.6 Å². The van der Waals surface area contributed by atoms with Gasteiger partial charge in [0.15, 0.2) is 5.13 Å². The average molecular weight is 615 g/mol. The summed E-state index contributed by atoms with van der Waals surface area (Å²) in [7, 11) is 0. The van der Waals surface area contributed by atoms with Crippen LogP contribution in [-0.4, -0.2) is 28.5 Å². The lowest BCUT2D eigenvalue weighted by atomic mass is 10.2. The number of aromatic nitrogens is 1. The van der Waals surface area contributed by atoms with Crippen LogP contribution in [0.3, 0.4) is 0 Å². The number of rotatable bonds is 10. The van der Waals surface area contributed by atoms with Gasteiger partial charge >= 0.3 is 0 Å². The molecule has 0 aliphatic heterocycles. The monoisotopic (exact) mass is 614 g/mol. The summed E-state index contributed by atoms with van der Waals surface area (Å²) in [5, 5.41) is 11.3. The fourth-order valence-corrected chi connectivity index (χ4v) is 5.33. The van der Waals surface area contributed by atoms with Crippen molar-refractivity contribution in [1.29, 1.82) is 0 Å². The normalized spacial score (nSPS) is 11.1. The minimum atomic E-state index is -0.532. The number of halogens is 1. The minimum Gasteiger partial charge on any atom is -0.465 e. The predicted octanol–water partition coefficient (Wildman–Crippen LogP) is 7.20. The van der Waals surface area contributed by atoms with Gasteiger partial charge in [-0.3, -0.25) is 14.4 Å². The highest BCUT2D eigenvalue weighted by molar-refractivity contribution is 8.00. The summed E-state index contributed by atoms with van der Waals surface area (Å²) in [6.45, 7) is 0. The Kier molecular flexibility index (Phi) is 9.50. The first-order chi connectivity index (χ1) is 20.4. The largest absolute Gasteiger partial charge is 0.465 e. The highest BCUT2D eigenvalue weighted by Gasteiger charge is 2.16. The minimum absolute atomic E-state index is 0.0117. The number of nitrogens with one attached hydrogen (secondary N) is 3. The summed E-state index contributed by atoms with van der Waals surface area (Å²) in [5.74, 6) is -0.623. The maximum absolute atomic E-state index is 13.2. The Bertz CT molecular complexity index is 1720. The predicted molar refractivity (Wildman–Crippen MR) is 168 cm³/mol. The van der Waals surface area contributed by atoms with Crippen molar-refractivity contribution < 1.29 is 18.8 Å². The van der Waals surface area contributed by atoms with Gasteiger partial charge in [-0.25, -0.2) is 4.98 Å². The molecule has 3 aromatic carbocycles. The van der Waals surface area contributed by atoms with Crippen LogP contribution < -0.4 is 16.0 Å². The first-order valence-corrected chi connectivity index (χ1v) is 14.8. The Labute approximate surface area is 254 Å². The van der Waals surface area contributed by atoms with E-state index in [0.29, 0.717) is 27.2 Å². The molecule has 5 rings (SSSR count). The number of carbonyl (C=O) groups excluding carboxylic acids is 3. The summed E-state index contributed by atoms with van der Waals surface area (Å²) in [4.78, 5) is 43.8. The zero-order valence-corrected chi connectivity index (χ0v) is 24.3. The summed E-state index contributed by atoms with van der Waals surface area (Å²) in [5.41, 5.74) is 2.58. The molecular weight excluding hydrogens is 592 g/mol. The van der Waals surface area contributed by atoms with Crippen LogP contribution in [0, 0.1) is 0 Å². The van der Waals surface area contributed by atoms with Crippen molar-refractivity contribution >= 4 is 69.3 Å². The SMILES string of the molecule is O=C(CSc1cccc(NC(=O)/C(=C/c2ccco2)NC(=O)c2ccccc2)c1)Nc1nc(-c2ccc(Cl)cc2)cs1. The van der Waals surface area contributed by atoms with Gasteiger partial charge in [0.25, 0.3) is 11.8 Å².